The van der Waals surface area contributed by atoms with Crippen LogP contribution in [0, 0.1) is 0 Å². The van der Waals surface area contributed by atoms with Crippen molar-refractivity contribution in [2.75, 3.05) is 62.7 Å². The number of anilines is 2. The van der Waals surface area contributed by atoms with E-state index in [1.807, 2.05) is 12.1 Å². The summed E-state index contributed by atoms with van der Waals surface area (Å²) in [4.78, 5) is 28.7. The molecule has 2 aromatic heterocycles. The highest BCUT2D eigenvalue weighted by molar-refractivity contribution is 5.59. The van der Waals surface area contributed by atoms with Crippen molar-refractivity contribution in [1.82, 2.24) is 24.8 Å². The fourth-order valence-corrected chi connectivity index (χ4v) is 4.62. The standard InChI is InChI=1S/C25H31N7O/c1-29-13-15-31(16-14-29)21-5-3-19(4-6-21)23-18-32(12-11-27-23)25-28-22(17-24(33)30(25)2)20-7-9-26-10-8-20/h3-10,17,23,27H,11-16,18H2,1-2H3. The minimum atomic E-state index is -0.0570. The van der Waals surface area contributed by atoms with E-state index in [0.717, 1.165) is 51.4 Å². The average Bonchev–Trinajstić information content (AvgIpc) is 2.87. The van der Waals surface area contributed by atoms with Crippen LogP contribution in [-0.2, 0) is 7.05 Å². The van der Waals surface area contributed by atoms with Crippen molar-refractivity contribution in [3.8, 4) is 11.3 Å². The maximum Gasteiger partial charge on any atom is 0.255 e. The van der Waals surface area contributed by atoms with Gasteiger partial charge in [-0.05, 0) is 36.9 Å². The van der Waals surface area contributed by atoms with Gasteiger partial charge in [-0.1, -0.05) is 12.1 Å². The van der Waals surface area contributed by atoms with Gasteiger partial charge in [0.05, 0.1) is 5.69 Å². The predicted molar refractivity (Wildman–Crippen MR) is 132 cm³/mol. The van der Waals surface area contributed by atoms with E-state index >= 15 is 0 Å². The van der Waals surface area contributed by atoms with Crippen LogP contribution in [0.3, 0.4) is 0 Å². The van der Waals surface area contributed by atoms with Gasteiger partial charge >= 0.3 is 0 Å². The molecule has 8 nitrogen and oxygen atoms in total. The van der Waals surface area contributed by atoms with E-state index in [2.05, 4.69) is 56.3 Å². The molecule has 172 valence electrons. The lowest BCUT2D eigenvalue weighted by atomic mass is 10.0. The summed E-state index contributed by atoms with van der Waals surface area (Å²) in [6.45, 7) is 6.73. The van der Waals surface area contributed by atoms with Gasteiger partial charge in [-0.15, -0.1) is 0 Å². The molecule has 2 fully saturated rings. The molecule has 1 N–H and O–H groups in total. The summed E-state index contributed by atoms with van der Waals surface area (Å²) < 4.78 is 1.64. The Morgan fingerprint density at radius 1 is 0.909 bits per heavy atom. The first-order chi connectivity index (χ1) is 16.1. The molecule has 4 heterocycles. The van der Waals surface area contributed by atoms with Crippen molar-refractivity contribution in [3.05, 3.63) is 70.8 Å². The number of hydrogen-bond acceptors (Lipinski definition) is 7. The van der Waals surface area contributed by atoms with E-state index in [1.165, 1.54) is 11.3 Å². The maximum absolute atomic E-state index is 12.7. The van der Waals surface area contributed by atoms with Crippen molar-refractivity contribution in [2.24, 2.45) is 7.05 Å². The molecule has 0 amide bonds. The Balaban J connectivity index is 1.35. The second-order valence-electron chi connectivity index (χ2n) is 8.91. The molecule has 2 aliphatic rings. The van der Waals surface area contributed by atoms with Crippen LogP contribution in [0.5, 0.6) is 0 Å². The predicted octanol–water partition coefficient (Wildman–Crippen LogP) is 1.74. The summed E-state index contributed by atoms with van der Waals surface area (Å²) in [5, 5.41) is 3.63. The van der Waals surface area contributed by atoms with E-state index in [4.69, 9.17) is 4.98 Å². The van der Waals surface area contributed by atoms with Gasteiger partial charge in [-0.25, -0.2) is 4.98 Å². The molecular formula is C25H31N7O. The van der Waals surface area contributed by atoms with Crippen LogP contribution >= 0.6 is 0 Å². The Morgan fingerprint density at radius 3 is 2.36 bits per heavy atom. The second kappa shape index (κ2) is 9.33. The van der Waals surface area contributed by atoms with Crippen LogP contribution in [0.1, 0.15) is 11.6 Å². The lowest BCUT2D eigenvalue weighted by Gasteiger charge is -2.36. The molecule has 2 saturated heterocycles. The highest BCUT2D eigenvalue weighted by atomic mass is 16.1. The molecular weight excluding hydrogens is 414 g/mol. The van der Waals surface area contributed by atoms with Crippen LogP contribution in [-0.4, -0.2) is 72.3 Å². The summed E-state index contributed by atoms with van der Waals surface area (Å²) in [6, 6.07) is 14.5. The van der Waals surface area contributed by atoms with Crippen molar-refractivity contribution < 1.29 is 0 Å². The molecule has 8 heteroatoms. The van der Waals surface area contributed by atoms with E-state index in [-0.39, 0.29) is 11.6 Å². The van der Waals surface area contributed by atoms with Crippen molar-refractivity contribution in [1.29, 1.82) is 0 Å². The molecule has 2 aliphatic heterocycles. The topological polar surface area (TPSA) is 69.5 Å². The monoisotopic (exact) mass is 445 g/mol. The van der Waals surface area contributed by atoms with E-state index in [1.54, 1.807) is 30.1 Å². The minimum absolute atomic E-state index is 0.0570. The minimum Gasteiger partial charge on any atom is -0.369 e. The number of aromatic nitrogens is 3. The molecule has 0 spiro atoms. The van der Waals surface area contributed by atoms with Gasteiger partial charge in [0.25, 0.3) is 5.56 Å². The normalized spacial score (nSPS) is 19.6. The number of nitrogens with one attached hydrogen (secondary N) is 1. The van der Waals surface area contributed by atoms with E-state index in [9.17, 15) is 4.79 Å². The van der Waals surface area contributed by atoms with Gasteiger partial charge in [0, 0.05) is 88.6 Å². The number of nitrogens with zero attached hydrogens (tertiary/aromatic N) is 6. The van der Waals surface area contributed by atoms with Crippen molar-refractivity contribution in [2.45, 2.75) is 6.04 Å². The second-order valence-corrected chi connectivity index (χ2v) is 8.91. The van der Waals surface area contributed by atoms with Gasteiger partial charge in [0.15, 0.2) is 0 Å². The highest BCUT2D eigenvalue weighted by Gasteiger charge is 2.24. The quantitative estimate of drug-likeness (QED) is 0.656. The van der Waals surface area contributed by atoms with Gasteiger partial charge in [0.2, 0.25) is 5.95 Å². The van der Waals surface area contributed by atoms with E-state index < -0.39 is 0 Å². The molecule has 0 aliphatic carbocycles. The maximum atomic E-state index is 12.7. The van der Waals surface area contributed by atoms with Crippen LogP contribution in [0.15, 0.2) is 59.7 Å². The molecule has 0 saturated carbocycles. The van der Waals surface area contributed by atoms with E-state index in [0.29, 0.717) is 11.6 Å². The number of likely N-dealkylation sites (N-methyl/N-ethyl adjacent to an activating group) is 1. The molecule has 0 bridgehead atoms. The number of pyridine rings is 1. The van der Waals surface area contributed by atoms with Gasteiger partial charge in [0.1, 0.15) is 0 Å². The smallest absolute Gasteiger partial charge is 0.255 e. The zero-order chi connectivity index (χ0) is 22.8. The van der Waals surface area contributed by atoms with Crippen LogP contribution < -0.4 is 20.7 Å². The summed E-state index contributed by atoms with van der Waals surface area (Å²) >= 11 is 0. The number of rotatable bonds is 4. The highest BCUT2D eigenvalue weighted by Crippen LogP contribution is 2.25. The Labute approximate surface area is 194 Å². The van der Waals surface area contributed by atoms with Crippen molar-refractivity contribution in [3.63, 3.8) is 0 Å². The zero-order valence-corrected chi connectivity index (χ0v) is 19.3. The molecule has 3 aromatic rings. The largest absolute Gasteiger partial charge is 0.369 e. The zero-order valence-electron chi connectivity index (χ0n) is 19.3. The van der Waals surface area contributed by atoms with Gasteiger partial charge < -0.3 is 20.0 Å². The Hall–Kier alpha value is -3.23. The van der Waals surface area contributed by atoms with Gasteiger partial charge in [-0.3, -0.25) is 14.3 Å². The first-order valence-electron chi connectivity index (χ1n) is 11.6. The summed E-state index contributed by atoms with van der Waals surface area (Å²) in [7, 11) is 3.97. The average molecular weight is 446 g/mol. The SMILES string of the molecule is CN1CCN(c2ccc(C3CN(c4nc(-c5ccncc5)cc(=O)n4C)CCN3)cc2)CC1. The third kappa shape index (κ3) is 4.62. The van der Waals surface area contributed by atoms with Crippen molar-refractivity contribution >= 4 is 11.6 Å². The fraction of sp³-hybridized carbons (Fsp3) is 0.400. The molecule has 0 radical (unpaired) electrons. The Bertz CT molecular complexity index is 1140. The number of piperazine rings is 2. The molecule has 33 heavy (non-hydrogen) atoms. The number of hydrogen-bond donors (Lipinski definition) is 1. The third-order valence-corrected chi connectivity index (χ3v) is 6.71. The first kappa shape index (κ1) is 21.6. The summed E-state index contributed by atoms with van der Waals surface area (Å²) in [6.07, 6.45) is 3.45. The molecule has 5 rings (SSSR count). The number of benzene rings is 1. The van der Waals surface area contributed by atoms with Gasteiger partial charge in [-0.2, -0.15) is 0 Å². The fourth-order valence-electron chi connectivity index (χ4n) is 4.62. The Kier molecular flexibility index (Phi) is 6.11. The summed E-state index contributed by atoms with van der Waals surface area (Å²) in [5.41, 5.74) is 4.07. The van der Waals surface area contributed by atoms with Crippen LogP contribution in [0.4, 0.5) is 11.6 Å². The van der Waals surface area contributed by atoms with Crippen LogP contribution in [0.2, 0.25) is 0 Å². The van der Waals surface area contributed by atoms with Crippen LogP contribution in [0.25, 0.3) is 11.3 Å². The summed E-state index contributed by atoms with van der Waals surface area (Å²) in [5.74, 6) is 0.704. The molecule has 1 aromatic carbocycles. The molecule has 1 atom stereocenters. The third-order valence-electron chi connectivity index (χ3n) is 6.71. The lowest BCUT2D eigenvalue weighted by Crippen LogP contribution is -2.47. The Morgan fingerprint density at radius 2 is 1.64 bits per heavy atom. The lowest BCUT2D eigenvalue weighted by molar-refractivity contribution is 0.313. The molecule has 1 unspecified atom stereocenters. The first-order valence-corrected chi connectivity index (χ1v) is 11.6.